The Hall–Kier alpha value is -3.72. The lowest BCUT2D eigenvalue weighted by atomic mass is 10.1. The molecule has 0 unspecified atom stereocenters. The largest absolute Gasteiger partial charge is 0.322 e. The Balaban J connectivity index is 1.68. The van der Waals surface area contributed by atoms with Gasteiger partial charge in [-0.2, -0.15) is 0 Å². The van der Waals surface area contributed by atoms with E-state index in [9.17, 15) is 22.4 Å². The molecule has 0 aliphatic heterocycles. The maximum atomic E-state index is 13.8. The number of hydrogen-bond donors (Lipinski definition) is 3. The van der Waals surface area contributed by atoms with Gasteiger partial charge in [-0.1, -0.05) is 18.2 Å². The van der Waals surface area contributed by atoms with E-state index in [4.69, 9.17) is 0 Å². The van der Waals surface area contributed by atoms with Gasteiger partial charge in [0.05, 0.1) is 11.9 Å². The Labute approximate surface area is 173 Å². The number of nitrogens with one attached hydrogen (secondary N) is 3. The molecule has 0 spiro atoms. The molecule has 0 atom stereocenters. The van der Waals surface area contributed by atoms with Gasteiger partial charge in [-0.05, 0) is 54.6 Å². The van der Waals surface area contributed by atoms with Gasteiger partial charge in [0.1, 0.15) is 5.82 Å². The lowest BCUT2D eigenvalue weighted by molar-refractivity contribution is 0.102. The highest BCUT2D eigenvalue weighted by Crippen LogP contribution is 2.21. The van der Waals surface area contributed by atoms with Crippen molar-refractivity contribution in [2.24, 2.45) is 0 Å². The second-order valence-electron chi connectivity index (χ2n) is 6.42. The van der Waals surface area contributed by atoms with Crippen LogP contribution in [0.15, 0.2) is 72.8 Å². The van der Waals surface area contributed by atoms with Crippen LogP contribution in [0.2, 0.25) is 0 Å². The highest BCUT2D eigenvalue weighted by atomic mass is 32.2. The molecule has 3 rings (SSSR count). The summed E-state index contributed by atoms with van der Waals surface area (Å²) in [5.74, 6) is -1.52. The van der Waals surface area contributed by atoms with Gasteiger partial charge >= 0.3 is 0 Å². The first-order chi connectivity index (χ1) is 14.2. The number of halogens is 1. The van der Waals surface area contributed by atoms with Crippen molar-refractivity contribution >= 4 is 38.9 Å². The van der Waals surface area contributed by atoms with Crippen LogP contribution in [0.25, 0.3) is 0 Å². The molecule has 3 aromatic carbocycles. The van der Waals surface area contributed by atoms with E-state index < -0.39 is 21.7 Å². The predicted molar refractivity (Wildman–Crippen MR) is 114 cm³/mol. The number of hydrogen-bond acceptors (Lipinski definition) is 4. The zero-order chi connectivity index (χ0) is 21.7. The van der Waals surface area contributed by atoms with E-state index in [0.717, 1.165) is 12.3 Å². The minimum absolute atomic E-state index is 0.217. The van der Waals surface area contributed by atoms with E-state index in [-0.39, 0.29) is 17.3 Å². The van der Waals surface area contributed by atoms with Crippen LogP contribution in [-0.4, -0.2) is 26.5 Å². The number of benzene rings is 3. The number of carbonyl (C=O) groups is 2. The van der Waals surface area contributed by atoms with Crippen molar-refractivity contribution in [1.29, 1.82) is 0 Å². The molecule has 0 aromatic heterocycles. The Morgan fingerprint density at radius 2 is 1.30 bits per heavy atom. The highest BCUT2D eigenvalue weighted by molar-refractivity contribution is 7.92. The fraction of sp³-hybridized carbons (Fsp3) is 0.0476. The van der Waals surface area contributed by atoms with Gasteiger partial charge in [-0.15, -0.1) is 0 Å². The monoisotopic (exact) mass is 427 g/mol. The zero-order valence-electron chi connectivity index (χ0n) is 15.8. The maximum absolute atomic E-state index is 13.8. The van der Waals surface area contributed by atoms with Gasteiger partial charge in [0, 0.05) is 22.5 Å². The summed E-state index contributed by atoms with van der Waals surface area (Å²) in [5, 5.41) is 5.30. The third-order valence-corrected chi connectivity index (χ3v) is 4.55. The molecule has 0 heterocycles. The van der Waals surface area contributed by atoms with Crippen molar-refractivity contribution in [2.75, 3.05) is 21.6 Å². The Kier molecular flexibility index (Phi) is 6.12. The zero-order valence-corrected chi connectivity index (χ0v) is 16.7. The molecule has 2 amide bonds. The topological polar surface area (TPSA) is 104 Å². The number of sulfonamides is 1. The third-order valence-electron chi connectivity index (χ3n) is 3.96. The van der Waals surface area contributed by atoms with Crippen molar-refractivity contribution < 1.29 is 22.4 Å². The quantitative estimate of drug-likeness (QED) is 0.558. The van der Waals surface area contributed by atoms with E-state index in [1.165, 1.54) is 24.3 Å². The molecule has 0 saturated heterocycles. The Bertz CT molecular complexity index is 1180. The lowest BCUT2D eigenvalue weighted by Gasteiger charge is -2.10. The average Bonchev–Trinajstić information content (AvgIpc) is 2.70. The summed E-state index contributed by atoms with van der Waals surface area (Å²) >= 11 is 0. The van der Waals surface area contributed by atoms with Gasteiger partial charge in [0.2, 0.25) is 10.0 Å². The standard InChI is InChI=1S/C21H18FN3O4S/c1-30(28,29)25-19-13-17(11-12-18(19)22)24-21(27)15-7-9-16(10-8-15)23-20(26)14-5-3-2-4-6-14/h2-13,25H,1H3,(H,23,26)(H,24,27). The van der Waals surface area contributed by atoms with E-state index in [0.29, 0.717) is 16.8 Å². The molecule has 0 saturated carbocycles. The van der Waals surface area contributed by atoms with Crippen LogP contribution in [0.3, 0.4) is 0 Å². The van der Waals surface area contributed by atoms with Crippen LogP contribution in [0.1, 0.15) is 20.7 Å². The minimum Gasteiger partial charge on any atom is -0.322 e. The van der Waals surface area contributed by atoms with Crippen LogP contribution < -0.4 is 15.4 Å². The molecule has 0 bridgehead atoms. The number of anilines is 3. The normalized spacial score (nSPS) is 10.9. The molecule has 0 aliphatic rings. The molecule has 0 fully saturated rings. The Morgan fingerprint density at radius 3 is 1.90 bits per heavy atom. The molecule has 9 heteroatoms. The fourth-order valence-electron chi connectivity index (χ4n) is 2.58. The third kappa shape index (κ3) is 5.65. The maximum Gasteiger partial charge on any atom is 0.255 e. The molecule has 30 heavy (non-hydrogen) atoms. The molecule has 3 aromatic rings. The van der Waals surface area contributed by atoms with E-state index in [1.54, 1.807) is 36.4 Å². The van der Waals surface area contributed by atoms with Crippen LogP contribution in [-0.2, 0) is 10.0 Å². The summed E-state index contributed by atoms with van der Waals surface area (Å²) in [7, 11) is -3.67. The van der Waals surface area contributed by atoms with Gasteiger partial charge < -0.3 is 10.6 Å². The summed E-state index contributed by atoms with van der Waals surface area (Å²) in [5.41, 5.74) is 1.27. The van der Waals surface area contributed by atoms with Crippen LogP contribution in [0, 0.1) is 5.82 Å². The predicted octanol–water partition coefficient (Wildman–Crippen LogP) is 3.70. The Morgan fingerprint density at radius 1 is 0.767 bits per heavy atom. The summed E-state index contributed by atoms with van der Waals surface area (Å²) < 4.78 is 38.4. The smallest absolute Gasteiger partial charge is 0.255 e. The summed E-state index contributed by atoms with van der Waals surface area (Å²) in [6, 6.07) is 18.5. The summed E-state index contributed by atoms with van der Waals surface area (Å²) in [4.78, 5) is 24.6. The fourth-order valence-corrected chi connectivity index (χ4v) is 3.14. The van der Waals surface area contributed by atoms with E-state index in [1.807, 2.05) is 10.8 Å². The molecule has 154 valence electrons. The summed E-state index contributed by atoms with van der Waals surface area (Å²) in [6.45, 7) is 0. The van der Waals surface area contributed by atoms with Crippen molar-refractivity contribution in [3.63, 3.8) is 0 Å². The van der Waals surface area contributed by atoms with Crippen LogP contribution in [0.4, 0.5) is 21.5 Å². The van der Waals surface area contributed by atoms with Gasteiger partial charge in [-0.3, -0.25) is 14.3 Å². The lowest BCUT2D eigenvalue weighted by Crippen LogP contribution is -2.14. The van der Waals surface area contributed by atoms with Crippen molar-refractivity contribution in [3.05, 3.63) is 89.7 Å². The number of rotatable bonds is 6. The van der Waals surface area contributed by atoms with Crippen molar-refractivity contribution in [2.45, 2.75) is 0 Å². The first kappa shape index (κ1) is 21.0. The molecule has 7 nitrogen and oxygen atoms in total. The first-order valence-corrected chi connectivity index (χ1v) is 10.7. The van der Waals surface area contributed by atoms with E-state index in [2.05, 4.69) is 10.6 Å². The molecular weight excluding hydrogens is 409 g/mol. The highest BCUT2D eigenvalue weighted by Gasteiger charge is 2.12. The minimum atomic E-state index is -3.67. The first-order valence-electron chi connectivity index (χ1n) is 8.76. The van der Waals surface area contributed by atoms with Gasteiger partial charge in [0.15, 0.2) is 0 Å². The van der Waals surface area contributed by atoms with Crippen molar-refractivity contribution in [1.82, 2.24) is 0 Å². The van der Waals surface area contributed by atoms with E-state index >= 15 is 0 Å². The van der Waals surface area contributed by atoms with Crippen LogP contribution >= 0.6 is 0 Å². The summed E-state index contributed by atoms with van der Waals surface area (Å²) in [6.07, 6.45) is 0.899. The molecule has 0 aliphatic carbocycles. The van der Waals surface area contributed by atoms with Gasteiger partial charge in [-0.25, -0.2) is 12.8 Å². The molecule has 0 radical (unpaired) electrons. The second-order valence-corrected chi connectivity index (χ2v) is 8.17. The van der Waals surface area contributed by atoms with Crippen molar-refractivity contribution in [3.8, 4) is 0 Å². The number of carbonyl (C=O) groups excluding carboxylic acids is 2. The second kappa shape index (κ2) is 8.75. The van der Waals surface area contributed by atoms with Crippen LogP contribution in [0.5, 0.6) is 0 Å². The number of amides is 2. The average molecular weight is 427 g/mol. The SMILES string of the molecule is CS(=O)(=O)Nc1cc(NC(=O)c2ccc(NC(=O)c3ccccc3)cc2)ccc1F. The van der Waals surface area contributed by atoms with Gasteiger partial charge in [0.25, 0.3) is 11.8 Å². The molecular formula is C21H18FN3O4S. The molecule has 3 N–H and O–H groups in total.